The Kier molecular flexibility index (Phi) is 4.37. The van der Waals surface area contributed by atoms with Crippen molar-refractivity contribution in [3.63, 3.8) is 0 Å². The molecule has 0 amide bonds. The third-order valence-electron chi connectivity index (χ3n) is 1.79. The largest absolute Gasteiger partial charge is 0.213 e. The summed E-state index contributed by atoms with van der Waals surface area (Å²) in [6, 6.07) is 0. The Hall–Kier alpha value is -0.100. The first-order valence-electron chi connectivity index (χ1n) is 4.10. The van der Waals surface area contributed by atoms with Gasteiger partial charge < -0.3 is 0 Å². The first-order valence-corrected chi connectivity index (χ1v) is 7.23. The minimum atomic E-state index is -3.20. The van der Waals surface area contributed by atoms with E-state index in [0.29, 0.717) is 6.54 Å². The van der Waals surface area contributed by atoms with Crippen LogP contribution in [0.25, 0.3) is 0 Å². The van der Waals surface area contributed by atoms with Crippen molar-refractivity contribution in [1.82, 2.24) is 4.72 Å². The van der Waals surface area contributed by atoms with E-state index in [2.05, 4.69) is 4.72 Å². The van der Waals surface area contributed by atoms with Gasteiger partial charge in [-0.2, -0.15) is 11.3 Å². The molecule has 80 valence electrons. The number of halogens is 1. The van der Waals surface area contributed by atoms with Crippen LogP contribution in [0.1, 0.15) is 11.1 Å². The van der Waals surface area contributed by atoms with E-state index in [4.69, 9.17) is 11.6 Å². The molecule has 14 heavy (non-hydrogen) atoms. The highest BCUT2D eigenvalue weighted by Crippen LogP contribution is 2.13. The van der Waals surface area contributed by atoms with Crippen molar-refractivity contribution in [2.75, 3.05) is 11.6 Å². The fourth-order valence-electron chi connectivity index (χ4n) is 0.929. The van der Waals surface area contributed by atoms with Crippen LogP contribution in [-0.4, -0.2) is 20.1 Å². The summed E-state index contributed by atoms with van der Waals surface area (Å²) in [5.74, 6) is 0.0929. The van der Waals surface area contributed by atoms with Crippen molar-refractivity contribution < 1.29 is 8.42 Å². The summed E-state index contributed by atoms with van der Waals surface area (Å²) in [6.45, 7) is 2.32. The number of hydrogen-bond donors (Lipinski definition) is 1. The quantitative estimate of drug-likeness (QED) is 0.813. The average Bonchev–Trinajstić information content (AvgIpc) is 2.48. The van der Waals surface area contributed by atoms with Crippen LogP contribution in [0, 0.1) is 6.92 Å². The highest BCUT2D eigenvalue weighted by molar-refractivity contribution is 7.89. The molecule has 0 saturated carbocycles. The molecule has 1 aromatic heterocycles. The van der Waals surface area contributed by atoms with Crippen molar-refractivity contribution in [3.05, 3.63) is 21.9 Å². The standard InChI is InChI=1S/C8H12ClNO2S2/c1-7-5-13-6-8(7)4-10-14(11,12)3-2-9/h5-6,10H,2-4H2,1H3. The number of sulfonamides is 1. The molecule has 0 saturated heterocycles. The Labute approximate surface area is 93.1 Å². The van der Waals surface area contributed by atoms with Crippen molar-refractivity contribution in [2.45, 2.75) is 13.5 Å². The van der Waals surface area contributed by atoms with Gasteiger partial charge in [-0.1, -0.05) is 0 Å². The second-order valence-electron chi connectivity index (χ2n) is 2.91. The molecule has 0 radical (unpaired) electrons. The Balaban J connectivity index is 2.53. The van der Waals surface area contributed by atoms with E-state index < -0.39 is 10.0 Å². The molecule has 0 aromatic carbocycles. The number of hydrogen-bond acceptors (Lipinski definition) is 3. The summed E-state index contributed by atoms with van der Waals surface area (Å²) >= 11 is 6.93. The van der Waals surface area contributed by atoms with Crippen LogP contribution in [0.3, 0.4) is 0 Å². The third-order valence-corrected chi connectivity index (χ3v) is 4.44. The molecule has 0 unspecified atom stereocenters. The van der Waals surface area contributed by atoms with Gasteiger partial charge in [0.1, 0.15) is 0 Å². The summed E-state index contributed by atoms with van der Waals surface area (Å²) < 4.78 is 25.0. The minimum Gasteiger partial charge on any atom is -0.212 e. The lowest BCUT2D eigenvalue weighted by atomic mass is 10.2. The lowest BCUT2D eigenvalue weighted by molar-refractivity contribution is 0.583. The van der Waals surface area contributed by atoms with Gasteiger partial charge in [0, 0.05) is 12.4 Å². The van der Waals surface area contributed by atoms with Crippen LogP contribution >= 0.6 is 22.9 Å². The predicted molar refractivity (Wildman–Crippen MR) is 60.4 cm³/mol. The van der Waals surface area contributed by atoms with Crippen LogP contribution in [0.5, 0.6) is 0 Å². The number of nitrogens with one attached hydrogen (secondary N) is 1. The number of rotatable bonds is 5. The highest BCUT2D eigenvalue weighted by Gasteiger charge is 2.09. The number of aryl methyl sites for hydroxylation is 1. The Morgan fingerprint density at radius 2 is 2.21 bits per heavy atom. The smallest absolute Gasteiger partial charge is 0.212 e. The molecule has 0 aliphatic rings. The van der Waals surface area contributed by atoms with Crippen molar-refractivity contribution >= 4 is 33.0 Å². The van der Waals surface area contributed by atoms with E-state index in [1.54, 1.807) is 11.3 Å². The van der Waals surface area contributed by atoms with Gasteiger partial charge in [0.15, 0.2) is 0 Å². The zero-order valence-electron chi connectivity index (χ0n) is 7.79. The van der Waals surface area contributed by atoms with Crippen LogP contribution in [0.15, 0.2) is 10.8 Å². The van der Waals surface area contributed by atoms with Gasteiger partial charge in [-0.05, 0) is 28.8 Å². The molecule has 1 heterocycles. The molecule has 1 N–H and O–H groups in total. The highest BCUT2D eigenvalue weighted by atomic mass is 35.5. The predicted octanol–water partition coefficient (Wildman–Crippen LogP) is 1.71. The summed E-state index contributed by atoms with van der Waals surface area (Å²) in [6.07, 6.45) is 0. The Morgan fingerprint density at radius 1 is 1.50 bits per heavy atom. The van der Waals surface area contributed by atoms with Crippen molar-refractivity contribution in [1.29, 1.82) is 0 Å². The molecule has 0 atom stereocenters. The lowest BCUT2D eigenvalue weighted by Crippen LogP contribution is -2.26. The fraction of sp³-hybridized carbons (Fsp3) is 0.500. The lowest BCUT2D eigenvalue weighted by Gasteiger charge is -2.04. The van der Waals surface area contributed by atoms with Crippen molar-refractivity contribution in [2.24, 2.45) is 0 Å². The third kappa shape index (κ3) is 3.57. The first kappa shape index (κ1) is 12.0. The van der Waals surface area contributed by atoms with E-state index in [9.17, 15) is 8.42 Å². The maximum Gasteiger partial charge on any atom is 0.213 e. The molecule has 6 heteroatoms. The van der Waals surface area contributed by atoms with Gasteiger partial charge in [0.25, 0.3) is 0 Å². The topological polar surface area (TPSA) is 46.2 Å². The van der Waals surface area contributed by atoms with Gasteiger partial charge in [-0.15, -0.1) is 11.6 Å². The SMILES string of the molecule is Cc1cscc1CNS(=O)(=O)CCCl. The number of thiophene rings is 1. The number of alkyl halides is 1. The maximum absolute atomic E-state index is 11.2. The minimum absolute atomic E-state index is 0.0300. The molecule has 0 aliphatic carbocycles. The van der Waals surface area contributed by atoms with Crippen molar-refractivity contribution in [3.8, 4) is 0 Å². The van der Waals surface area contributed by atoms with E-state index in [1.807, 2.05) is 17.7 Å². The summed E-state index contributed by atoms with van der Waals surface area (Å²) in [5, 5.41) is 3.93. The summed E-state index contributed by atoms with van der Waals surface area (Å²) in [5.41, 5.74) is 2.14. The van der Waals surface area contributed by atoms with Crippen LogP contribution in [0.2, 0.25) is 0 Å². The second kappa shape index (κ2) is 5.11. The van der Waals surface area contributed by atoms with E-state index in [0.717, 1.165) is 11.1 Å². The molecular weight excluding hydrogens is 242 g/mol. The Morgan fingerprint density at radius 3 is 2.71 bits per heavy atom. The molecule has 0 aliphatic heterocycles. The monoisotopic (exact) mass is 253 g/mol. The molecule has 1 aromatic rings. The van der Waals surface area contributed by atoms with E-state index in [1.165, 1.54) is 0 Å². The van der Waals surface area contributed by atoms with Gasteiger partial charge in [-0.25, -0.2) is 13.1 Å². The van der Waals surface area contributed by atoms with Gasteiger partial charge in [-0.3, -0.25) is 0 Å². The summed E-state index contributed by atoms with van der Waals surface area (Å²) in [4.78, 5) is 0. The van der Waals surface area contributed by atoms with Crippen LogP contribution < -0.4 is 4.72 Å². The first-order chi connectivity index (χ1) is 6.55. The zero-order chi connectivity index (χ0) is 10.6. The molecule has 0 spiro atoms. The molecular formula is C8H12ClNO2S2. The van der Waals surface area contributed by atoms with Crippen LogP contribution in [-0.2, 0) is 16.6 Å². The fourth-order valence-corrected chi connectivity index (χ4v) is 3.12. The molecule has 0 fully saturated rings. The van der Waals surface area contributed by atoms with E-state index >= 15 is 0 Å². The maximum atomic E-state index is 11.2. The molecule has 1 rings (SSSR count). The van der Waals surface area contributed by atoms with Gasteiger partial charge in [0.05, 0.1) is 5.75 Å². The molecule has 0 bridgehead atoms. The van der Waals surface area contributed by atoms with Gasteiger partial charge >= 0.3 is 0 Å². The van der Waals surface area contributed by atoms with Crippen LogP contribution in [0.4, 0.5) is 0 Å². The second-order valence-corrected chi connectivity index (χ2v) is 5.96. The summed E-state index contributed by atoms with van der Waals surface area (Å²) in [7, 11) is -3.20. The normalized spacial score (nSPS) is 11.9. The van der Waals surface area contributed by atoms with E-state index in [-0.39, 0.29) is 11.6 Å². The zero-order valence-corrected chi connectivity index (χ0v) is 10.2. The molecule has 3 nitrogen and oxygen atoms in total. The Bertz CT molecular complexity index is 386. The average molecular weight is 254 g/mol. The van der Waals surface area contributed by atoms with Gasteiger partial charge in [0.2, 0.25) is 10.0 Å².